The van der Waals surface area contributed by atoms with E-state index in [9.17, 15) is 8.42 Å². The van der Waals surface area contributed by atoms with Gasteiger partial charge in [0.05, 0.1) is 11.3 Å². The Balaban J connectivity index is 1.95. The van der Waals surface area contributed by atoms with E-state index in [0.717, 1.165) is 18.4 Å². The van der Waals surface area contributed by atoms with Gasteiger partial charge in [0.25, 0.3) is 0 Å². The zero-order valence-electron chi connectivity index (χ0n) is 12.8. The van der Waals surface area contributed by atoms with Crippen molar-refractivity contribution in [1.29, 1.82) is 0 Å². The number of hydrogen-bond acceptors (Lipinski definition) is 5. The molecule has 1 fully saturated rings. The molecule has 0 N–H and O–H groups in total. The molecule has 0 amide bonds. The quantitative estimate of drug-likeness (QED) is 0.817. The van der Waals surface area contributed by atoms with Crippen LogP contribution in [0.15, 0.2) is 30.3 Å². The minimum atomic E-state index is -3.42. The first-order chi connectivity index (χ1) is 10.6. The molecule has 2 aromatic rings. The largest absolute Gasteiger partial charge is 0.227 e. The number of rotatable bonds is 6. The summed E-state index contributed by atoms with van der Waals surface area (Å²) in [6.45, 7) is 3.58. The summed E-state index contributed by atoms with van der Waals surface area (Å²) in [6.07, 6.45) is 2.56. The minimum Gasteiger partial charge on any atom is -0.227 e. The zero-order chi connectivity index (χ0) is 15.7. The van der Waals surface area contributed by atoms with Crippen LogP contribution in [0.25, 0.3) is 0 Å². The number of benzene rings is 1. The molecular weight excluding hydrogens is 300 g/mol. The lowest BCUT2D eigenvalue weighted by molar-refractivity contribution is 0.546. The van der Waals surface area contributed by atoms with Crippen LogP contribution in [0.2, 0.25) is 0 Å². The van der Waals surface area contributed by atoms with Gasteiger partial charge in [0, 0.05) is 0 Å². The maximum absolute atomic E-state index is 13.0. The van der Waals surface area contributed by atoms with Gasteiger partial charge in [-0.05, 0) is 42.2 Å². The van der Waals surface area contributed by atoms with Gasteiger partial charge in [0.1, 0.15) is 5.25 Å². The van der Waals surface area contributed by atoms with Crippen molar-refractivity contribution in [1.82, 2.24) is 20.2 Å². The van der Waals surface area contributed by atoms with Crippen LogP contribution in [0.3, 0.4) is 0 Å². The average molecular weight is 320 g/mol. The number of sulfone groups is 1. The molecule has 0 unspecified atom stereocenters. The van der Waals surface area contributed by atoms with Gasteiger partial charge in [-0.2, -0.15) is 0 Å². The average Bonchev–Trinajstić information content (AvgIpc) is 3.25. The van der Waals surface area contributed by atoms with Crippen LogP contribution < -0.4 is 0 Å². The molecule has 0 radical (unpaired) electrons. The highest BCUT2D eigenvalue weighted by atomic mass is 32.2. The topological polar surface area (TPSA) is 77.7 Å². The third-order valence-electron chi connectivity index (χ3n) is 4.21. The lowest BCUT2D eigenvalue weighted by Crippen LogP contribution is -2.22. The van der Waals surface area contributed by atoms with Crippen LogP contribution in [0.5, 0.6) is 0 Å². The molecule has 1 heterocycles. The highest BCUT2D eigenvalue weighted by molar-refractivity contribution is 7.91. The van der Waals surface area contributed by atoms with Crippen LogP contribution >= 0.6 is 0 Å². The van der Waals surface area contributed by atoms with Crippen molar-refractivity contribution in [2.24, 2.45) is 0 Å². The van der Waals surface area contributed by atoms with E-state index in [1.807, 2.05) is 37.3 Å². The zero-order valence-corrected chi connectivity index (χ0v) is 13.6. The molecule has 0 spiro atoms. The smallest absolute Gasteiger partial charge is 0.169 e. The summed E-state index contributed by atoms with van der Waals surface area (Å²) in [6, 6.07) is 9.61. The number of nitrogens with zero attached hydrogens (tertiary/aromatic N) is 4. The van der Waals surface area contributed by atoms with Crippen molar-refractivity contribution in [3.05, 3.63) is 41.7 Å². The van der Waals surface area contributed by atoms with Gasteiger partial charge in [0.15, 0.2) is 15.7 Å². The van der Waals surface area contributed by atoms with Crippen molar-refractivity contribution in [3.8, 4) is 0 Å². The summed E-state index contributed by atoms with van der Waals surface area (Å²) in [5, 5.41) is 10.4. The maximum atomic E-state index is 13.0. The van der Waals surface area contributed by atoms with E-state index < -0.39 is 20.3 Å². The molecule has 7 heteroatoms. The molecule has 0 bridgehead atoms. The fourth-order valence-corrected chi connectivity index (χ4v) is 4.71. The molecule has 0 aliphatic heterocycles. The van der Waals surface area contributed by atoms with Crippen LogP contribution in [-0.2, 0) is 9.84 Å². The first-order valence-electron chi connectivity index (χ1n) is 7.61. The first kappa shape index (κ1) is 15.1. The van der Waals surface area contributed by atoms with E-state index in [4.69, 9.17) is 0 Å². The first-order valence-corrected chi connectivity index (χ1v) is 9.22. The van der Waals surface area contributed by atoms with Crippen LogP contribution in [0.4, 0.5) is 0 Å². The van der Waals surface area contributed by atoms with Gasteiger partial charge in [-0.3, -0.25) is 0 Å². The van der Waals surface area contributed by atoms with Gasteiger partial charge in [0.2, 0.25) is 0 Å². The Morgan fingerprint density at radius 2 is 1.95 bits per heavy atom. The second-order valence-corrected chi connectivity index (χ2v) is 8.21. The molecule has 6 nitrogen and oxygen atoms in total. The summed E-state index contributed by atoms with van der Waals surface area (Å²) < 4.78 is 27.8. The van der Waals surface area contributed by atoms with E-state index in [1.165, 1.54) is 0 Å². The van der Waals surface area contributed by atoms with Crippen molar-refractivity contribution in [3.63, 3.8) is 0 Å². The van der Waals surface area contributed by atoms with Gasteiger partial charge in [-0.15, -0.1) is 5.10 Å². The summed E-state index contributed by atoms with van der Waals surface area (Å²) >= 11 is 0. The van der Waals surface area contributed by atoms with Crippen LogP contribution in [0, 0.1) is 0 Å². The molecule has 1 aliphatic rings. The molecule has 1 aromatic carbocycles. The van der Waals surface area contributed by atoms with Gasteiger partial charge < -0.3 is 0 Å². The van der Waals surface area contributed by atoms with E-state index in [0.29, 0.717) is 12.2 Å². The fourth-order valence-electron chi connectivity index (χ4n) is 2.77. The molecule has 1 aliphatic carbocycles. The Morgan fingerprint density at radius 1 is 1.27 bits per heavy atom. The molecular formula is C15H20N4O2S. The van der Waals surface area contributed by atoms with E-state index in [2.05, 4.69) is 15.5 Å². The number of aromatic nitrogens is 4. The minimum absolute atomic E-state index is 0.263. The Bertz CT molecular complexity index is 738. The standard InChI is InChI=1S/C15H20N4O2S/c1-3-14(12-7-5-4-6-8-12)22(20,21)11(2)15-16-17-18-19(15)13-9-10-13/h4-8,11,13-14H,3,9-10H2,1-2H3/t11-,14-/m0/s1. The Morgan fingerprint density at radius 3 is 2.55 bits per heavy atom. The van der Waals surface area contributed by atoms with E-state index >= 15 is 0 Å². The van der Waals surface area contributed by atoms with Gasteiger partial charge >= 0.3 is 0 Å². The SMILES string of the molecule is CC[C@@H](c1ccccc1)S(=O)(=O)[C@@H](C)c1nnnn1C1CC1. The highest BCUT2D eigenvalue weighted by Gasteiger charge is 2.38. The van der Waals surface area contributed by atoms with Gasteiger partial charge in [-0.1, -0.05) is 37.3 Å². The predicted octanol–water partition coefficient (Wildman–Crippen LogP) is 2.64. The van der Waals surface area contributed by atoms with Crippen molar-refractivity contribution in [2.75, 3.05) is 0 Å². The Hall–Kier alpha value is -1.76. The molecule has 22 heavy (non-hydrogen) atoms. The Labute approximate surface area is 130 Å². The summed E-state index contributed by atoms with van der Waals surface area (Å²) in [5.41, 5.74) is 0.822. The fraction of sp³-hybridized carbons (Fsp3) is 0.533. The van der Waals surface area contributed by atoms with Crippen molar-refractivity contribution in [2.45, 2.75) is 49.7 Å². The van der Waals surface area contributed by atoms with Crippen molar-refractivity contribution < 1.29 is 8.42 Å². The van der Waals surface area contributed by atoms with Crippen LogP contribution in [-0.4, -0.2) is 28.6 Å². The molecule has 0 saturated heterocycles. The molecule has 1 aromatic heterocycles. The van der Waals surface area contributed by atoms with Crippen molar-refractivity contribution >= 4 is 9.84 Å². The van der Waals surface area contributed by atoms with Gasteiger partial charge in [-0.25, -0.2) is 13.1 Å². The monoisotopic (exact) mass is 320 g/mol. The summed E-state index contributed by atoms with van der Waals surface area (Å²) in [5.74, 6) is 0.455. The predicted molar refractivity (Wildman–Crippen MR) is 82.9 cm³/mol. The summed E-state index contributed by atoms with van der Waals surface area (Å²) in [7, 11) is -3.42. The lowest BCUT2D eigenvalue weighted by atomic mass is 10.1. The Kier molecular flexibility index (Phi) is 3.99. The molecule has 118 valence electrons. The maximum Gasteiger partial charge on any atom is 0.169 e. The van der Waals surface area contributed by atoms with E-state index in [1.54, 1.807) is 11.6 Å². The van der Waals surface area contributed by atoms with Crippen LogP contribution in [0.1, 0.15) is 61.0 Å². The molecule has 1 saturated carbocycles. The third-order valence-corrected chi connectivity index (χ3v) is 6.80. The molecule has 3 rings (SSSR count). The lowest BCUT2D eigenvalue weighted by Gasteiger charge is -2.21. The summed E-state index contributed by atoms with van der Waals surface area (Å²) in [4.78, 5) is 0. The second kappa shape index (κ2) is 5.79. The highest BCUT2D eigenvalue weighted by Crippen LogP contribution is 2.39. The molecule has 2 atom stereocenters. The third kappa shape index (κ3) is 2.65. The second-order valence-electron chi connectivity index (χ2n) is 5.75. The normalized spacial score (nSPS) is 18.1. The van der Waals surface area contributed by atoms with E-state index in [-0.39, 0.29) is 6.04 Å². The number of tetrazole rings is 1. The number of hydrogen-bond donors (Lipinski definition) is 0.